The summed E-state index contributed by atoms with van der Waals surface area (Å²) in [6.07, 6.45) is 0.812. The summed E-state index contributed by atoms with van der Waals surface area (Å²) >= 11 is 5.58. The number of rotatable bonds is 6. The zero-order valence-electron chi connectivity index (χ0n) is 10.5. The van der Waals surface area contributed by atoms with Crippen LogP contribution in [0.4, 0.5) is 0 Å². The third-order valence-corrected chi connectivity index (χ3v) is 2.97. The Morgan fingerprint density at radius 3 is 2.21 bits per heavy atom. The molecule has 0 heterocycles. The molecular formula is C16H15ClO2. The third-order valence-electron chi connectivity index (χ3n) is 2.70. The summed E-state index contributed by atoms with van der Waals surface area (Å²) in [5.41, 5.74) is 1.36. The number of benzene rings is 2. The number of hydrogen-bond donors (Lipinski definition) is 0. The smallest absolute Gasteiger partial charge is 0.193 e. The molecule has 19 heavy (non-hydrogen) atoms. The highest BCUT2D eigenvalue weighted by Crippen LogP contribution is 2.15. The van der Waals surface area contributed by atoms with Crippen LogP contribution in [-0.4, -0.2) is 18.3 Å². The van der Waals surface area contributed by atoms with Gasteiger partial charge in [-0.25, -0.2) is 0 Å². The predicted octanol–water partition coefficient (Wildman–Crippen LogP) is 3.93. The van der Waals surface area contributed by atoms with E-state index in [1.54, 1.807) is 12.1 Å². The molecule has 0 aliphatic rings. The molecule has 98 valence electrons. The summed E-state index contributed by atoms with van der Waals surface area (Å²) in [6, 6.07) is 16.4. The van der Waals surface area contributed by atoms with Crippen molar-refractivity contribution < 1.29 is 9.53 Å². The summed E-state index contributed by atoms with van der Waals surface area (Å²) in [5.74, 6) is 1.37. The van der Waals surface area contributed by atoms with Crippen molar-refractivity contribution in [2.75, 3.05) is 12.5 Å². The Morgan fingerprint density at radius 2 is 1.58 bits per heavy atom. The molecule has 0 aromatic heterocycles. The maximum Gasteiger partial charge on any atom is 0.193 e. The molecule has 0 atom stereocenters. The van der Waals surface area contributed by atoms with Crippen LogP contribution in [0.5, 0.6) is 5.75 Å². The van der Waals surface area contributed by atoms with E-state index in [2.05, 4.69) is 0 Å². The topological polar surface area (TPSA) is 26.3 Å². The van der Waals surface area contributed by atoms with E-state index in [0.717, 1.165) is 12.2 Å². The second kappa shape index (κ2) is 6.95. The Labute approximate surface area is 118 Å². The fourth-order valence-electron chi connectivity index (χ4n) is 1.70. The van der Waals surface area contributed by atoms with Gasteiger partial charge in [0.05, 0.1) is 6.61 Å². The van der Waals surface area contributed by atoms with Crippen LogP contribution in [-0.2, 0) is 0 Å². The lowest BCUT2D eigenvalue weighted by atomic mass is 10.0. The number of hydrogen-bond acceptors (Lipinski definition) is 2. The molecule has 0 fully saturated rings. The standard InChI is InChI=1S/C16H15ClO2/c17-11-4-12-19-15-9-7-14(8-10-15)16(18)13-5-2-1-3-6-13/h1-3,5-10H,4,11-12H2. The maximum absolute atomic E-state index is 12.2. The van der Waals surface area contributed by atoms with E-state index in [4.69, 9.17) is 16.3 Å². The number of ether oxygens (including phenoxy) is 1. The molecule has 0 N–H and O–H groups in total. The Hall–Kier alpha value is -1.80. The molecule has 2 rings (SSSR count). The molecule has 0 bridgehead atoms. The van der Waals surface area contributed by atoms with E-state index < -0.39 is 0 Å². The van der Waals surface area contributed by atoms with Crippen molar-refractivity contribution in [3.63, 3.8) is 0 Å². The monoisotopic (exact) mass is 274 g/mol. The van der Waals surface area contributed by atoms with Crippen LogP contribution in [0.25, 0.3) is 0 Å². The first kappa shape index (κ1) is 13.6. The average molecular weight is 275 g/mol. The summed E-state index contributed by atoms with van der Waals surface area (Å²) in [5, 5.41) is 0. The summed E-state index contributed by atoms with van der Waals surface area (Å²) < 4.78 is 5.49. The highest BCUT2D eigenvalue weighted by Gasteiger charge is 2.08. The quantitative estimate of drug-likeness (QED) is 0.453. The van der Waals surface area contributed by atoms with E-state index in [-0.39, 0.29) is 5.78 Å². The second-order valence-electron chi connectivity index (χ2n) is 4.11. The van der Waals surface area contributed by atoms with Crippen LogP contribution in [0.1, 0.15) is 22.3 Å². The molecule has 3 heteroatoms. The molecule has 0 amide bonds. The van der Waals surface area contributed by atoms with Crippen LogP contribution in [0, 0.1) is 0 Å². The zero-order chi connectivity index (χ0) is 13.5. The molecule has 2 aromatic carbocycles. The summed E-state index contributed by atoms with van der Waals surface area (Å²) in [7, 11) is 0. The Kier molecular flexibility index (Phi) is 4.99. The SMILES string of the molecule is O=C(c1ccccc1)c1ccc(OCCCCl)cc1. The normalized spacial score (nSPS) is 10.2. The molecule has 0 radical (unpaired) electrons. The van der Waals surface area contributed by atoms with Crippen LogP contribution in [0.15, 0.2) is 54.6 Å². The van der Waals surface area contributed by atoms with Crippen molar-refractivity contribution in [3.05, 3.63) is 65.7 Å². The molecular weight excluding hydrogens is 260 g/mol. The van der Waals surface area contributed by atoms with Crippen LogP contribution in [0.2, 0.25) is 0 Å². The van der Waals surface area contributed by atoms with Gasteiger partial charge in [0.2, 0.25) is 0 Å². The second-order valence-corrected chi connectivity index (χ2v) is 4.49. The Bertz CT molecular complexity index is 520. The van der Waals surface area contributed by atoms with Crippen molar-refractivity contribution in [1.82, 2.24) is 0 Å². The van der Waals surface area contributed by atoms with Crippen molar-refractivity contribution in [1.29, 1.82) is 0 Å². The fourth-order valence-corrected chi connectivity index (χ4v) is 1.81. The molecule has 0 aliphatic heterocycles. The number of carbonyl (C=O) groups is 1. The van der Waals surface area contributed by atoms with Gasteiger partial charge in [0.25, 0.3) is 0 Å². The van der Waals surface area contributed by atoms with Gasteiger partial charge >= 0.3 is 0 Å². The molecule has 0 spiro atoms. The third kappa shape index (κ3) is 3.83. The van der Waals surface area contributed by atoms with Crippen LogP contribution < -0.4 is 4.74 Å². The lowest BCUT2D eigenvalue weighted by Gasteiger charge is -2.06. The number of carbonyl (C=O) groups excluding carboxylic acids is 1. The van der Waals surface area contributed by atoms with Gasteiger partial charge in [-0.2, -0.15) is 0 Å². The minimum atomic E-state index is 0.0212. The minimum Gasteiger partial charge on any atom is -0.494 e. The summed E-state index contributed by atoms with van der Waals surface area (Å²) in [6.45, 7) is 0.593. The maximum atomic E-state index is 12.2. The van der Waals surface area contributed by atoms with Crippen LogP contribution >= 0.6 is 11.6 Å². The summed E-state index contributed by atoms with van der Waals surface area (Å²) in [4.78, 5) is 12.2. The van der Waals surface area contributed by atoms with E-state index in [1.165, 1.54) is 0 Å². The Balaban J connectivity index is 2.04. The van der Waals surface area contributed by atoms with Crippen molar-refractivity contribution in [2.24, 2.45) is 0 Å². The lowest BCUT2D eigenvalue weighted by Crippen LogP contribution is -2.02. The molecule has 2 nitrogen and oxygen atoms in total. The van der Waals surface area contributed by atoms with E-state index in [1.807, 2.05) is 42.5 Å². The first-order valence-corrected chi connectivity index (χ1v) is 6.73. The van der Waals surface area contributed by atoms with Gasteiger partial charge in [-0.15, -0.1) is 11.6 Å². The average Bonchev–Trinajstić information content (AvgIpc) is 2.48. The van der Waals surface area contributed by atoms with Gasteiger partial charge in [0.15, 0.2) is 5.78 Å². The lowest BCUT2D eigenvalue weighted by molar-refractivity contribution is 0.103. The van der Waals surface area contributed by atoms with E-state index in [9.17, 15) is 4.79 Å². The predicted molar refractivity (Wildman–Crippen MR) is 77.1 cm³/mol. The van der Waals surface area contributed by atoms with Gasteiger partial charge in [-0.05, 0) is 30.7 Å². The molecule has 0 unspecified atom stereocenters. The molecule has 0 saturated carbocycles. The van der Waals surface area contributed by atoms with Gasteiger partial charge in [-0.1, -0.05) is 30.3 Å². The number of alkyl halides is 1. The molecule has 2 aromatic rings. The van der Waals surface area contributed by atoms with E-state index in [0.29, 0.717) is 23.6 Å². The van der Waals surface area contributed by atoms with Gasteiger partial charge in [0, 0.05) is 17.0 Å². The fraction of sp³-hybridized carbons (Fsp3) is 0.188. The van der Waals surface area contributed by atoms with Gasteiger partial charge in [0.1, 0.15) is 5.75 Å². The van der Waals surface area contributed by atoms with Crippen molar-refractivity contribution in [2.45, 2.75) is 6.42 Å². The number of halogens is 1. The number of ketones is 1. The van der Waals surface area contributed by atoms with Gasteiger partial charge < -0.3 is 4.74 Å². The van der Waals surface area contributed by atoms with Gasteiger partial charge in [-0.3, -0.25) is 4.79 Å². The van der Waals surface area contributed by atoms with Crippen molar-refractivity contribution >= 4 is 17.4 Å². The molecule has 0 saturated heterocycles. The first-order valence-electron chi connectivity index (χ1n) is 6.20. The largest absolute Gasteiger partial charge is 0.494 e. The minimum absolute atomic E-state index is 0.0212. The first-order chi connectivity index (χ1) is 9.31. The van der Waals surface area contributed by atoms with Crippen molar-refractivity contribution in [3.8, 4) is 5.75 Å². The molecule has 0 aliphatic carbocycles. The Morgan fingerprint density at radius 1 is 0.947 bits per heavy atom. The zero-order valence-corrected chi connectivity index (χ0v) is 11.3. The highest BCUT2D eigenvalue weighted by molar-refractivity contribution is 6.17. The van der Waals surface area contributed by atoms with Crippen LogP contribution in [0.3, 0.4) is 0 Å². The highest BCUT2D eigenvalue weighted by atomic mass is 35.5. The van der Waals surface area contributed by atoms with E-state index >= 15 is 0 Å².